The summed E-state index contributed by atoms with van der Waals surface area (Å²) < 4.78 is 29.2. The van der Waals surface area contributed by atoms with Crippen molar-refractivity contribution in [2.24, 2.45) is 0 Å². The lowest BCUT2D eigenvalue weighted by molar-refractivity contribution is 0.0955. The maximum Gasteiger partial charge on any atom is 0.252 e. The second-order valence-electron chi connectivity index (χ2n) is 8.72. The summed E-state index contributed by atoms with van der Waals surface area (Å²) in [4.78, 5) is 22.6. The molecule has 1 aliphatic rings. The average Bonchev–Trinajstić information content (AvgIpc) is 3.65. The lowest BCUT2D eigenvalue weighted by Crippen LogP contribution is -2.34. The smallest absolute Gasteiger partial charge is 0.252 e. The maximum absolute atomic E-state index is 13.2. The van der Waals surface area contributed by atoms with Crippen LogP contribution in [0.5, 0.6) is 0 Å². The summed E-state index contributed by atoms with van der Waals surface area (Å²) in [5, 5.41) is 8.12. The highest BCUT2D eigenvalue weighted by Gasteiger charge is 2.29. The van der Waals surface area contributed by atoms with Crippen molar-refractivity contribution in [2.75, 3.05) is 13.1 Å². The summed E-state index contributed by atoms with van der Waals surface area (Å²) >= 11 is 0. The minimum Gasteiger partial charge on any atom is -0.351 e. The molecule has 3 heterocycles. The van der Waals surface area contributed by atoms with Crippen LogP contribution < -0.4 is 10.0 Å². The van der Waals surface area contributed by atoms with Crippen LogP contribution in [0, 0.1) is 13.8 Å². The number of sulfonamides is 1. The van der Waals surface area contributed by atoms with Crippen LogP contribution in [0.1, 0.15) is 46.1 Å². The van der Waals surface area contributed by atoms with Crippen molar-refractivity contribution in [3.05, 3.63) is 77.2 Å². The normalized spacial score (nSPS) is 13.8. The third kappa shape index (κ3) is 4.80. The fraction of sp³-hybridized carbons (Fsp3) is 0.280. The number of pyridine rings is 2. The van der Waals surface area contributed by atoms with Crippen LogP contribution in [0.15, 0.2) is 59.6 Å². The Kier molecular flexibility index (Phi) is 6.08. The predicted molar refractivity (Wildman–Crippen MR) is 132 cm³/mol. The third-order valence-electron chi connectivity index (χ3n) is 5.97. The van der Waals surface area contributed by atoms with Crippen molar-refractivity contribution in [1.29, 1.82) is 0 Å². The van der Waals surface area contributed by atoms with Crippen LogP contribution in [-0.2, 0) is 10.0 Å². The van der Waals surface area contributed by atoms with E-state index in [1.54, 1.807) is 35.1 Å². The van der Waals surface area contributed by atoms with Crippen molar-refractivity contribution in [3.8, 4) is 5.82 Å². The molecule has 0 radical (unpaired) electrons. The van der Waals surface area contributed by atoms with Gasteiger partial charge in [-0.05, 0) is 57.0 Å². The summed E-state index contributed by atoms with van der Waals surface area (Å²) in [6.07, 6.45) is 3.77. The molecule has 3 aromatic heterocycles. The van der Waals surface area contributed by atoms with Crippen LogP contribution in [0.25, 0.3) is 16.9 Å². The highest BCUT2D eigenvalue weighted by molar-refractivity contribution is 7.89. The van der Waals surface area contributed by atoms with E-state index in [0.717, 1.165) is 24.1 Å². The number of nitrogens with one attached hydrogen (secondary N) is 2. The number of fused-ring (bicyclic) bond motifs is 1. The Morgan fingerprint density at radius 2 is 1.86 bits per heavy atom. The first kappa shape index (κ1) is 23.1. The molecular weight excluding hydrogens is 464 g/mol. The minimum atomic E-state index is -3.65. The van der Waals surface area contributed by atoms with Crippen molar-refractivity contribution in [3.63, 3.8) is 0 Å². The lowest BCUT2D eigenvalue weighted by Gasteiger charge is -2.10. The Morgan fingerprint density at radius 1 is 1.09 bits per heavy atom. The maximum atomic E-state index is 13.2. The number of rotatable bonds is 8. The second kappa shape index (κ2) is 9.20. The Morgan fingerprint density at radius 3 is 2.54 bits per heavy atom. The molecule has 1 aliphatic carbocycles. The van der Waals surface area contributed by atoms with Gasteiger partial charge in [0.1, 0.15) is 0 Å². The topological polar surface area (TPSA) is 119 Å². The predicted octanol–water partition coefficient (Wildman–Crippen LogP) is 3.02. The monoisotopic (exact) mass is 490 g/mol. The molecule has 1 aromatic carbocycles. The fourth-order valence-electron chi connectivity index (χ4n) is 3.97. The van der Waals surface area contributed by atoms with E-state index in [1.807, 2.05) is 38.1 Å². The van der Waals surface area contributed by atoms with Gasteiger partial charge in [0.15, 0.2) is 11.5 Å². The number of benzene rings is 1. The van der Waals surface area contributed by atoms with Gasteiger partial charge in [-0.15, -0.1) is 0 Å². The molecule has 180 valence electrons. The summed E-state index contributed by atoms with van der Waals surface area (Å²) in [6.45, 7) is 3.94. The molecule has 5 rings (SSSR count). The molecule has 0 bridgehead atoms. The quantitative estimate of drug-likeness (QED) is 0.367. The summed E-state index contributed by atoms with van der Waals surface area (Å²) in [6, 6.07) is 14.0. The van der Waals surface area contributed by atoms with Gasteiger partial charge < -0.3 is 5.32 Å². The molecule has 1 saturated carbocycles. The van der Waals surface area contributed by atoms with Gasteiger partial charge in [0.05, 0.1) is 21.5 Å². The number of hydrogen-bond donors (Lipinski definition) is 2. The molecule has 0 saturated heterocycles. The van der Waals surface area contributed by atoms with E-state index in [0.29, 0.717) is 34.0 Å². The number of aromatic nitrogens is 4. The zero-order valence-corrected chi connectivity index (χ0v) is 20.3. The highest BCUT2D eigenvalue weighted by Crippen LogP contribution is 2.40. The molecule has 0 spiro atoms. The van der Waals surface area contributed by atoms with Crippen LogP contribution in [0.4, 0.5) is 0 Å². The molecule has 0 atom stereocenters. The van der Waals surface area contributed by atoms with Gasteiger partial charge in [0, 0.05) is 30.9 Å². The van der Waals surface area contributed by atoms with Crippen molar-refractivity contribution < 1.29 is 13.2 Å². The van der Waals surface area contributed by atoms with Crippen molar-refractivity contribution in [1.82, 2.24) is 29.8 Å². The van der Waals surface area contributed by atoms with Crippen LogP contribution in [0.2, 0.25) is 0 Å². The zero-order valence-electron chi connectivity index (χ0n) is 19.5. The van der Waals surface area contributed by atoms with Gasteiger partial charge >= 0.3 is 0 Å². The fourth-order valence-corrected chi connectivity index (χ4v) is 5.00. The van der Waals surface area contributed by atoms with E-state index < -0.39 is 10.0 Å². The molecular formula is C25H26N6O3S. The lowest BCUT2D eigenvalue weighted by atomic mass is 10.1. The van der Waals surface area contributed by atoms with E-state index >= 15 is 0 Å². The minimum absolute atomic E-state index is 0.0673. The number of hydrogen-bond acceptors (Lipinski definition) is 6. The summed E-state index contributed by atoms with van der Waals surface area (Å²) in [5.74, 6) is 0.667. The van der Waals surface area contributed by atoms with Crippen LogP contribution in [0.3, 0.4) is 0 Å². The second-order valence-corrected chi connectivity index (χ2v) is 10.5. The summed E-state index contributed by atoms with van der Waals surface area (Å²) in [5.41, 5.74) is 3.59. The van der Waals surface area contributed by atoms with E-state index in [1.165, 1.54) is 0 Å². The molecule has 35 heavy (non-hydrogen) atoms. The first-order valence-corrected chi connectivity index (χ1v) is 13.0. The van der Waals surface area contributed by atoms with Crippen LogP contribution in [-0.4, -0.2) is 47.2 Å². The highest BCUT2D eigenvalue weighted by atomic mass is 32.2. The molecule has 1 amide bonds. The van der Waals surface area contributed by atoms with Gasteiger partial charge in [-0.1, -0.05) is 23.8 Å². The van der Waals surface area contributed by atoms with Gasteiger partial charge in [-0.25, -0.2) is 23.1 Å². The van der Waals surface area contributed by atoms with E-state index in [9.17, 15) is 13.2 Å². The van der Waals surface area contributed by atoms with Crippen LogP contribution >= 0.6 is 0 Å². The number of carbonyl (C=O) groups is 1. The van der Waals surface area contributed by atoms with Crippen molar-refractivity contribution >= 4 is 27.0 Å². The molecule has 1 fully saturated rings. The first-order chi connectivity index (χ1) is 16.8. The number of amides is 1. The van der Waals surface area contributed by atoms with Gasteiger partial charge in [-0.2, -0.15) is 9.78 Å². The van der Waals surface area contributed by atoms with Gasteiger partial charge in [-0.3, -0.25) is 4.79 Å². The first-order valence-electron chi connectivity index (χ1n) is 11.5. The Hall–Kier alpha value is -3.63. The van der Waals surface area contributed by atoms with E-state index in [2.05, 4.69) is 20.1 Å². The third-order valence-corrected chi connectivity index (χ3v) is 7.45. The molecule has 0 unspecified atom stereocenters. The standard InChI is InChI=1S/C25H26N6O3S/c1-16-6-10-19(11-7-16)35(33,34)28-14-13-27-25(32)20-15-21(18-8-9-18)29-24-23(20)17(2)30-31(24)22-5-3-4-12-26-22/h3-7,10-12,15,18,28H,8-9,13-14H2,1-2H3,(H,27,32). The molecule has 2 N–H and O–H groups in total. The van der Waals surface area contributed by atoms with Gasteiger partial charge in [0.2, 0.25) is 10.0 Å². The Labute approximate surface area is 203 Å². The zero-order chi connectivity index (χ0) is 24.6. The molecule has 0 aliphatic heterocycles. The molecule has 10 heteroatoms. The number of aryl methyl sites for hydroxylation is 2. The Balaban J connectivity index is 1.37. The van der Waals surface area contributed by atoms with Crippen molar-refractivity contribution in [2.45, 2.75) is 37.5 Å². The SMILES string of the molecule is Cc1ccc(S(=O)(=O)NCCNC(=O)c2cc(C3CC3)nc3c2c(C)nn3-c2ccccn2)cc1. The van der Waals surface area contributed by atoms with E-state index in [4.69, 9.17) is 4.98 Å². The average molecular weight is 491 g/mol. The Bertz CT molecular complexity index is 1490. The van der Waals surface area contributed by atoms with E-state index in [-0.39, 0.29) is 23.9 Å². The summed E-state index contributed by atoms with van der Waals surface area (Å²) in [7, 11) is -3.65. The number of nitrogens with zero attached hydrogens (tertiary/aromatic N) is 4. The molecule has 4 aromatic rings. The molecule has 9 nitrogen and oxygen atoms in total. The number of carbonyl (C=O) groups excluding carboxylic acids is 1. The van der Waals surface area contributed by atoms with Gasteiger partial charge in [0.25, 0.3) is 5.91 Å². The largest absolute Gasteiger partial charge is 0.351 e.